The van der Waals surface area contributed by atoms with Gasteiger partial charge in [-0.05, 0) is 73.7 Å². The molecule has 11 heteroatoms. The second kappa shape index (κ2) is 12.1. The smallest absolute Gasteiger partial charge is 0.276 e. The van der Waals surface area contributed by atoms with Gasteiger partial charge in [0.2, 0.25) is 5.91 Å². The molecule has 0 bridgehead atoms. The highest BCUT2D eigenvalue weighted by molar-refractivity contribution is 6.46. The topological polar surface area (TPSA) is 142 Å². The first kappa shape index (κ1) is 30.7. The molecule has 11 nitrogen and oxygen atoms in total. The molecule has 2 N–H and O–H groups in total. The molecule has 1 atom stereocenters. The van der Waals surface area contributed by atoms with Gasteiger partial charge in [0.05, 0.1) is 18.8 Å². The minimum Gasteiger partial charge on any atom is -0.345 e. The summed E-state index contributed by atoms with van der Waals surface area (Å²) < 4.78 is 0. The van der Waals surface area contributed by atoms with E-state index >= 15 is 0 Å². The van der Waals surface area contributed by atoms with Gasteiger partial charge in [-0.2, -0.15) is 5.21 Å². The number of aromatic nitrogens is 6. The van der Waals surface area contributed by atoms with Crippen molar-refractivity contribution in [3.8, 4) is 0 Å². The predicted molar refractivity (Wildman–Crippen MR) is 163 cm³/mol. The van der Waals surface area contributed by atoms with Gasteiger partial charge >= 0.3 is 0 Å². The summed E-state index contributed by atoms with van der Waals surface area (Å²) in [7, 11) is 0. The second-order valence-corrected chi connectivity index (χ2v) is 14.4. The van der Waals surface area contributed by atoms with Crippen LogP contribution >= 0.6 is 0 Å². The third-order valence-corrected chi connectivity index (χ3v) is 9.18. The van der Waals surface area contributed by atoms with Crippen LogP contribution < -0.4 is 5.32 Å². The molecule has 43 heavy (non-hydrogen) atoms. The zero-order valence-corrected chi connectivity index (χ0v) is 26.4. The molecule has 2 aromatic rings. The summed E-state index contributed by atoms with van der Waals surface area (Å²) in [4.78, 5) is 43.4. The fourth-order valence-corrected chi connectivity index (χ4v) is 6.63. The summed E-state index contributed by atoms with van der Waals surface area (Å²) in [6, 6.07) is -0.129. The highest BCUT2D eigenvalue weighted by atomic mass is 16.2. The molecular formula is C32H45N9O2. The lowest BCUT2D eigenvalue weighted by Gasteiger charge is -2.48. The highest BCUT2D eigenvalue weighted by Gasteiger charge is 2.53. The van der Waals surface area contributed by atoms with Crippen molar-refractivity contribution in [2.24, 2.45) is 21.7 Å². The Morgan fingerprint density at radius 2 is 1.88 bits per heavy atom. The number of aliphatic imine (C=N–C) groups is 1. The number of allylic oxidation sites excluding steroid dienone is 2. The number of rotatable bonds is 8. The van der Waals surface area contributed by atoms with E-state index in [1.165, 1.54) is 5.57 Å². The van der Waals surface area contributed by atoms with Crippen molar-refractivity contribution in [3.63, 3.8) is 0 Å². The first-order valence-electron chi connectivity index (χ1n) is 15.5. The maximum absolute atomic E-state index is 14.4. The van der Waals surface area contributed by atoms with Crippen molar-refractivity contribution in [1.82, 2.24) is 40.8 Å². The molecule has 0 saturated heterocycles. The maximum atomic E-state index is 14.4. The van der Waals surface area contributed by atoms with E-state index in [0.29, 0.717) is 41.6 Å². The Kier molecular flexibility index (Phi) is 8.63. The number of aromatic amines is 1. The van der Waals surface area contributed by atoms with Crippen LogP contribution in [0.2, 0.25) is 0 Å². The number of amides is 2. The van der Waals surface area contributed by atoms with Crippen molar-refractivity contribution in [1.29, 1.82) is 0 Å². The van der Waals surface area contributed by atoms with Crippen LogP contribution in [-0.2, 0) is 16.1 Å². The molecular weight excluding hydrogens is 542 g/mol. The van der Waals surface area contributed by atoms with Crippen molar-refractivity contribution < 1.29 is 9.59 Å². The largest absolute Gasteiger partial charge is 0.345 e. The van der Waals surface area contributed by atoms with E-state index in [-0.39, 0.29) is 35.2 Å². The normalized spacial score (nSPS) is 23.6. The van der Waals surface area contributed by atoms with E-state index < -0.39 is 5.66 Å². The van der Waals surface area contributed by atoms with E-state index in [2.05, 4.69) is 88.4 Å². The van der Waals surface area contributed by atoms with Crippen molar-refractivity contribution in [2.45, 2.75) is 111 Å². The van der Waals surface area contributed by atoms with Crippen molar-refractivity contribution in [2.75, 3.05) is 0 Å². The molecule has 3 aliphatic rings. The van der Waals surface area contributed by atoms with Gasteiger partial charge in [-0.1, -0.05) is 58.9 Å². The first-order valence-corrected chi connectivity index (χ1v) is 15.5. The van der Waals surface area contributed by atoms with E-state index in [4.69, 9.17) is 4.99 Å². The average Bonchev–Trinajstić information content (AvgIpc) is 3.59. The minimum atomic E-state index is -0.610. The lowest BCUT2D eigenvalue weighted by molar-refractivity contribution is -0.132. The summed E-state index contributed by atoms with van der Waals surface area (Å²) in [6.45, 7) is 13.9. The molecule has 2 aromatic heterocycles. The highest BCUT2D eigenvalue weighted by Crippen LogP contribution is 2.49. The Balaban J connectivity index is 1.47. The Hall–Kier alpha value is -3.76. The Bertz CT molecular complexity index is 1390. The van der Waals surface area contributed by atoms with Crippen LogP contribution in [0.1, 0.15) is 104 Å². The van der Waals surface area contributed by atoms with Crippen LogP contribution in [0.5, 0.6) is 0 Å². The van der Waals surface area contributed by atoms with Crippen LogP contribution in [0, 0.1) is 16.7 Å². The van der Waals surface area contributed by atoms with Crippen LogP contribution in [0.25, 0.3) is 0 Å². The number of H-pyrrole nitrogens is 1. The van der Waals surface area contributed by atoms with Gasteiger partial charge in [-0.15, -0.1) is 10.2 Å². The number of hydrogen-bond acceptors (Lipinski definition) is 8. The van der Waals surface area contributed by atoms with Crippen LogP contribution in [0.3, 0.4) is 0 Å². The number of carbonyl (C=O) groups is 2. The third kappa shape index (κ3) is 6.91. The number of carbonyl (C=O) groups excluding carboxylic acids is 2. The second-order valence-electron chi connectivity index (χ2n) is 14.4. The molecule has 1 aliphatic heterocycles. The SMILES string of the molecule is CC(C)(C)CCC(C1=CC=C(C(=O)NCc2nn[nH]n2)CC1)N1C(=O)C(c2cnccn2)=NC12CCC(C(C)(C)C)CC2. The molecule has 2 amide bonds. The zero-order valence-electron chi connectivity index (χ0n) is 26.4. The standard InChI is InChI=1S/C32H45N9O2/c1-30(2,3)14-13-25(21-7-9-22(10-8-21)28(42)35-20-26-37-39-40-38-26)41-29(43)27(24-19-33-17-18-34-24)36-32(41)15-11-23(12-16-32)31(4,5)6/h7,9,17-19,23,25H,8,10-16,20H2,1-6H3,(H,35,42)(H,37,38,39,40). The zero-order chi connectivity index (χ0) is 30.8. The summed E-state index contributed by atoms with van der Waals surface area (Å²) in [5.41, 5.74) is 2.50. The Morgan fingerprint density at radius 1 is 1.12 bits per heavy atom. The molecule has 1 spiro atoms. The van der Waals surface area contributed by atoms with E-state index in [9.17, 15) is 9.59 Å². The lowest BCUT2D eigenvalue weighted by atomic mass is 9.69. The quantitative estimate of drug-likeness (QED) is 0.455. The predicted octanol–water partition coefficient (Wildman–Crippen LogP) is 4.71. The van der Waals surface area contributed by atoms with Crippen molar-refractivity contribution >= 4 is 17.5 Å². The van der Waals surface area contributed by atoms with Crippen LogP contribution in [0.15, 0.2) is 46.9 Å². The van der Waals surface area contributed by atoms with Crippen molar-refractivity contribution in [3.05, 3.63) is 53.4 Å². The van der Waals surface area contributed by atoms with E-state index in [1.807, 2.05) is 6.08 Å². The molecule has 1 saturated carbocycles. The monoisotopic (exact) mass is 587 g/mol. The first-order chi connectivity index (χ1) is 20.4. The van der Waals surface area contributed by atoms with Crippen LogP contribution in [-0.4, -0.2) is 64.7 Å². The van der Waals surface area contributed by atoms with Gasteiger partial charge in [-0.25, -0.2) is 4.99 Å². The molecule has 230 valence electrons. The number of tetrazole rings is 1. The fourth-order valence-electron chi connectivity index (χ4n) is 6.63. The third-order valence-electron chi connectivity index (χ3n) is 9.18. The van der Waals surface area contributed by atoms with Gasteiger partial charge in [0.15, 0.2) is 11.5 Å². The summed E-state index contributed by atoms with van der Waals surface area (Å²) in [5, 5.41) is 16.6. The minimum absolute atomic E-state index is 0.0675. The average molecular weight is 588 g/mol. The number of nitrogens with one attached hydrogen (secondary N) is 2. The fraction of sp³-hybridized carbons (Fsp3) is 0.625. The van der Waals surface area contributed by atoms with E-state index in [1.54, 1.807) is 18.6 Å². The van der Waals surface area contributed by atoms with Gasteiger partial charge in [-0.3, -0.25) is 19.6 Å². The molecule has 5 rings (SSSR count). The number of nitrogens with zero attached hydrogens (tertiary/aromatic N) is 7. The van der Waals surface area contributed by atoms with Gasteiger partial charge in [0.25, 0.3) is 5.91 Å². The van der Waals surface area contributed by atoms with Crippen LogP contribution in [0.4, 0.5) is 0 Å². The van der Waals surface area contributed by atoms with Gasteiger partial charge < -0.3 is 10.2 Å². The lowest BCUT2D eigenvalue weighted by Crippen LogP contribution is -2.55. The maximum Gasteiger partial charge on any atom is 0.276 e. The summed E-state index contributed by atoms with van der Waals surface area (Å²) in [5.74, 6) is 0.793. The molecule has 3 heterocycles. The summed E-state index contributed by atoms with van der Waals surface area (Å²) in [6.07, 6.45) is 15.6. The Labute approximate surface area is 254 Å². The summed E-state index contributed by atoms with van der Waals surface area (Å²) >= 11 is 0. The Morgan fingerprint density at radius 3 is 2.47 bits per heavy atom. The molecule has 0 aromatic carbocycles. The van der Waals surface area contributed by atoms with E-state index in [0.717, 1.165) is 38.5 Å². The molecule has 2 aliphatic carbocycles. The molecule has 0 radical (unpaired) electrons. The molecule has 1 unspecified atom stereocenters. The number of hydrogen-bond donors (Lipinski definition) is 2. The van der Waals surface area contributed by atoms with Gasteiger partial charge in [0, 0.05) is 18.0 Å². The van der Waals surface area contributed by atoms with Gasteiger partial charge in [0.1, 0.15) is 11.4 Å². The molecule has 1 fully saturated rings.